The summed E-state index contributed by atoms with van der Waals surface area (Å²) in [6.07, 6.45) is 0.124. The lowest BCUT2D eigenvalue weighted by atomic mass is 10.0. The third-order valence-electron chi connectivity index (χ3n) is 2.84. The van der Waals surface area contributed by atoms with Crippen molar-refractivity contribution >= 4 is 21.7 Å². The lowest BCUT2D eigenvalue weighted by Gasteiger charge is -2.06. The van der Waals surface area contributed by atoms with E-state index in [4.69, 9.17) is 0 Å². The molecule has 0 heterocycles. The van der Waals surface area contributed by atoms with Gasteiger partial charge in [0.25, 0.3) is 0 Å². The molecule has 0 amide bonds. The lowest BCUT2D eigenvalue weighted by Crippen LogP contribution is -2.04. The van der Waals surface area contributed by atoms with E-state index in [1.807, 2.05) is 6.07 Å². The summed E-state index contributed by atoms with van der Waals surface area (Å²) in [4.78, 5) is 11.9. The summed E-state index contributed by atoms with van der Waals surface area (Å²) >= 11 is 3.01. The van der Waals surface area contributed by atoms with Crippen LogP contribution in [0.2, 0.25) is 0 Å². The number of halogens is 3. The molecular formula is C15H11BrF2O. The first-order valence-corrected chi connectivity index (χ1v) is 6.59. The van der Waals surface area contributed by atoms with Crippen molar-refractivity contribution in [1.29, 1.82) is 0 Å². The molecule has 0 spiro atoms. The molecule has 0 bridgehead atoms. The zero-order valence-electron chi connectivity index (χ0n) is 10.00. The number of carbonyl (C=O) groups excluding carboxylic acids is 1. The highest BCUT2D eigenvalue weighted by Crippen LogP contribution is 2.23. The molecule has 98 valence electrons. The van der Waals surface area contributed by atoms with Crippen molar-refractivity contribution in [3.63, 3.8) is 0 Å². The van der Waals surface area contributed by atoms with E-state index in [1.165, 1.54) is 12.1 Å². The number of Topliss-reactive ketones (excluding diaryl/α,β-unsaturated/α-hetero) is 1. The molecular weight excluding hydrogens is 314 g/mol. The Bertz CT molecular complexity index is 597. The predicted octanol–water partition coefficient (Wildman–Crippen LogP) is 4.54. The van der Waals surface area contributed by atoms with Crippen LogP contribution in [0.3, 0.4) is 0 Å². The van der Waals surface area contributed by atoms with Crippen molar-refractivity contribution in [2.75, 3.05) is 0 Å². The molecule has 0 aromatic heterocycles. The minimum Gasteiger partial charge on any atom is -0.294 e. The zero-order valence-corrected chi connectivity index (χ0v) is 11.6. The number of rotatable bonds is 4. The van der Waals surface area contributed by atoms with Crippen LogP contribution in [-0.4, -0.2) is 5.78 Å². The Balaban J connectivity index is 2.12. The molecule has 0 fully saturated rings. The van der Waals surface area contributed by atoms with Crippen LogP contribution in [0.5, 0.6) is 0 Å². The highest BCUT2D eigenvalue weighted by atomic mass is 79.9. The molecule has 2 aromatic carbocycles. The van der Waals surface area contributed by atoms with Crippen LogP contribution in [0.1, 0.15) is 22.3 Å². The summed E-state index contributed by atoms with van der Waals surface area (Å²) in [5.41, 5.74) is 0.497. The van der Waals surface area contributed by atoms with E-state index in [0.717, 1.165) is 0 Å². The third kappa shape index (κ3) is 3.26. The Labute approximate surface area is 118 Å². The standard InChI is InChI=1S/C15H11BrF2O/c16-12-7-8-13(17)11(15(12)18)6-9-14(19)10-4-2-1-3-5-10/h1-5,7-8H,6,9H2. The van der Waals surface area contributed by atoms with Crippen molar-refractivity contribution < 1.29 is 13.6 Å². The number of carbonyl (C=O) groups is 1. The average molecular weight is 325 g/mol. The van der Waals surface area contributed by atoms with Crippen LogP contribution >= 0.6 is 15.9 Å². The maximum absolute atomic E-state index is 13.7. The molecule has 0 aliphatic rings. The van der Waals surface area contributed by atoms with Crippen molar-refractivity contribution in [1.82, 2.24) is 0 Å². The first-order chi connectivity index (χ1) is 9.09. The van der Waals surface area contributed by atoms with Gasteiger partial charge < -0.3 is 0 Å². The van der Waals surface area contributed by atoms with Gasteiger partial charge in [-0.15, -0.1) is 0 Å². The molecule has 1 nitrogen and oxygen atoms in total. The molecule has 19 heavy (non-hydrogen) atoms. The maximum atomic E-state index is 13.7. The Morgan fingerprint density at radius 2 is 1.74 bits per heavy atom. The molecule has 0 radical (unpaired) electrons. The van der Waals surface area contributed by atoms with E-state index < -0.39 is 11.6 Å². The monoisotopic (exact) mass is 324 g/mol. The van der Waals surface area contributed by atoms with Gasteiger partial charge in [0, 0.05) is 17.5 Å². The molecule has 0 aliphatic heterocycles. The quantitative estimate of drug-likeness (QED) is 0.596. The molecule has 2 rings (SSSR count). The normalized spacial score (nSPS) is 10.5. The Morgan fingerprint density at radius 1 is 1.05 bits per heavy atom. The van der Waals surface area contributed by atoms with Gasteiger partial charge in [0.05, 0.1) is 4.47 Å². The Hall–Kier alpha value is -1.55. The molecule has 2 aromatic rings. The molecule has 4 heteroatoms. The first kappa shape index (κ1) is 13.9. The Morgan fingerprint density at radius 3 is 2.42 bits per heavy atom. The van der Waals surface area contributed by atoms with Gasteiger partial charge in [0.1, 0.15) is 11.6 Å². The van der Waals surface area contributed by atoms with Crippen LogP contribution in [-0.2, 0) is 6.42 Å². The fourth-order valence-electron chi connectivity index (χ4n) is 1.81. The molecule has 0 saturated carbocycles. The lowest BCUT2D eigenvalue weighted by molar-refractivity contribution is 0.0982. The van der Waals surface area contributed by atoms with Crippen molar-refractivity contribution in [3.05, 3.63) is 69.7 Å². The largest absolute Gasteiger partial charge is 0.294 e. The minimum atomic E-state index is -0.638. The second-order valence-corrected chi connectivity index (χ2v) is 4.97. The first-order valence-electron chi connectivity index (χ1n) is 5.80. The van der Waals surface area contributed by atoms with Crippen LogP contribution < -0.4 is 0 Å². The highest BCUT2D eigenvalue weighted by molar-refractivity contribution is 9.10. The van der Waals surface area contributed by atoms with E-state index in [1.54, 1.807) is 24.3 Å². The second kappa shape index (κ2) is 6.06. The smallest absolute Gasteiger partial charge is 0.163 e. The van der Waals surface area contributed by atoms with Crippen LogP contribution in [0.25, 0.3) is 0 Å². The fourth-order valence-corrected chi connectivity index (χ4v) is 2.18. The second-order valence-electron chi connectivity index (χ2n) is 4.11. The summed E-state index contributed by atoms with van der Waals surface area (Å²) in [7, 11) is 0. The summed E-state index contributed by atoms with van der Waals surface area (Å²) in [5, 5.41) is 0. The number of hydrogen-bond donors (Lipinski definition) is 0. The van der Waals surface area contributed by atoms with Crippen LogP contribution in [0.15, 0.2) is 46.9 Å². The topological polar surface area (TPSA) is 17.1 Å². The highest BCUT2D eigenvalue weighted by Gasteiger charge is 2.14. The third-order valence-corrected chi connectivity index (χ3v) is 3.45. The fraction of sp³-hybridized carbons (Fsp3) is 0.133. The number of benzene rings is 2. The number of hydrogen-bond acceptors (Lipinski definition) is 1. The van der Waals surface area contributed by atoms with Gasteiger partial charge in [-0.3, -0.25) is 4.79 Å². The predicted molar refractivity (Wildman–Crippen MR) is 73.2 cm³/mol. The van der Waals surface area contributed by atoms with E-state index >= 15 is 0 Å². The van der Waals surface area contributed by atoms with Gasteiger partial charge in [-0.25, -0.2) is 8.78 Å². The van der Waals surface area contributed by atoms with Gasteiger partial charge >= 0.3 is 0 Å². The van der Waals surface area contributed by atoms with Gasteiger partial charge in [-0.1, -0.05) is 30.3 Å². The van der Waals surface area contributed by atoms with Gasteiger partial charge in [-0.2, -0.15) is 0 Å². The van der Waals surface area contributed by atoms with E-state index in [0.29, 0.717) is 5.56 Å². The maximum Gasteiger partial charge on any atom is 0.163 e. The van der Waals surface area contributed by atoms with Gasteiger partial charge in [-0.05, 0) is 34.5 Å². The van der Waals surface area contributed by atoms with Gasteiger partial charge in [0.15, 0.2) is 5.78 Å². The molecule has 0 N–H and O–H groups in total. The van der Waals surface area contributed by atoms with Crippen molar-refractivity contribution in [2.45, 2.75) is 12.8 Å². The Kier molecular flexibility index (Phi) is 4.43. The minimum absolute atomic E-state index is 0.0465. The SMILES string of the molecule is O=C(CCc1c(F)ccc(Br)c1F)c1ccccc1. The molecule has 0 aliphatic carbocycles. The molecule has 0 unspecified atom stereocenters. The summed E-state index contributed by atoms with van der Waals surface area (Å²) in [5.74, 6) is -1.39. The summed E-state index contributed by atoms with van der Waals surface area (Å²) in [6.45, 7) is 0. The van der Waals surface area contributed by atoms with Crippen LogP contribution in [0.4, 0.5) is 8.78 Å². The number of ketones is 1. The molecule has 0 atom stereocenters. The summed E-state index contributed by atoms with van der Waals surface area (Å²) in [6, 6.07) is 11.2. The van der Waals surface area contributed by atoms with Crippen molar-refractivity contribution in [2.24, 2.45) is 0 Å². The van der Waals surface area contributed by atoms with E-state index in [-0.39, 0.29) is 28.7 Å². The summed E-state index contributed by atoms with van der Waals surface area (Å²) < 4.78 is 27.4. The van der Waals surface area contributed by atoms with Gasteiger partial charge in [0.2, 0.25) is 0 Å². The zero-order chi connectivity index (χ0) is 13.8. The van der Waals surface area contributed by atoms with Crippen LogP contribution in [0, 0.1) is 11.6 Å². The van der Waals surface area contributed by atoms with E-state index in [2.05, 4.69) is 15.9 Å². The van der Waals surface area contributed by atoms with E-state index in [9.17, 15) is 13.6 Å². The molecule has 0 saturated heterocycles. The average Bonchev–Trinajstić information content (AvgIpc) is 2.44. The van der Waals surface area contributed by atoms with Crippen molar-refractivity contribution in [3.8, 4) is 0 Å².